The summed E-state index contributed by atoms with van der Waals surface area (Å²) in [5.74, 6) is 0.613. The molecule has 2 atom stereocenters. The van der Waals surface area contributed by atoms with Crippen molar-refractivity contribution in [3.63, 3.8) is 0 Å². The highest BCUT2D eigenvalue weighted by Gasteiger charge is 2.31. The van der Waals surface area contributed by atoms with Gasteiger partial charge < -0.3 is 10.1 Å². The van der Waals surface area contributed by atoms with E-state index in [1.165, 1.54) is 0 Å². The summed E-state index contributed by atoms with van der Waals surface area (Å²) in [5.41, 5.74) is 0. The van der Waals surface area contributed by atoms with Gasteiger partial charge in [0.05, 0.1) is 11.9 Å². The summed E-state index contributed by atoms with van der Waals surface area (Å²) >= 11 is 0. The lowest BCUT2D eigenvalue weighted by Gasteiger charge is -2.32. The van der Waals surface area contributed by atoms with Crippen LogP contribution in [-0.4, -0.2) is 57.9 Å². The molecule has 0 radical (unpaired) electrons. The first-order chi connectivity index (χ1) is 8.62. The average molecular weight is 313 g/mol. The average Bonchev–Trinajstić information content (AvgIpc) is 2.82. The lowest BCUT2D eigenvalue weighted by molar-refractivity contribution is 0.125. The number of piperidine rings is 1. The molecule has 2 rings (SSSR count). The van der Waals surface area contributed by atoms with Crippen LogP contribution in [0.5, 0.6) is 0 Å². The highest BCUT2D eigenvalue weighted by Crippen LogP contribution is 2.21. The van der Waals surface area contributed by atoms with Crippen LogP contribution >= 0.6 is 12.4 Å². The van der Waals surface area contributed by atoms with Crippen LogP contribution in [0.15, 0.2) is 0 Å². The molecule has 1 N–H and O–H groups in total. The van der Waals surface area contributed by atoms with E-state index in [-0.39, 0.29) is 24.3 Å². The minimum Gasteiger partial charge on any atom is -0.377 e. The van der Waals surface area contributed by atoms with Crippen LogP contribution in [0, 0.1) is 5.92 Å². The Morgan fingerprint density at radius 2 is 2.11 bits per heavy atom. The van der Waals surface area contributed by atoms with Crippen molar-refractivity contribution in [2.75, 3.05) is 39.0 Å². The van der Waals surface area contributed by atoms with Gasteiger partial charge in [-0.2, -0.15) is 0 Å². The minimum atomic E-state index is -3.14. The molecule has 2 aliphatic heterocycles. The summed E-state index contributed by atoms with van der Waals surface area (Å²) in [6.45, 7) is 2.94. The van der Waals surface area contributed by atoms with Gasteiger partial charge in [0.25, 0.3) is 0 Å². The van der Waals surface area contributed by atoms with Crippen molar-refractivity contribution < 1.29 is 13.2 Å². The van der Waals surface area contributed by atoms with Crippen LogP contribution in [0.25, 0.3) is 0 Å². The predicted molar refractivity (Wildman–Crippen MR) is 78.2 cm³/mol. The Labute approximate surface area is 122 Å². The summed E-state index contributed by atoms with van der Waals surface area (Å²) in [4.78, 5) is 0. The third-order valence-corrected chi connectivity index (χ3v) is 5.70. The molecule has 2 aliphatic rings. The summed E-state index contributed by atoms with van der Waals surface area (Å²) in [6, 6.07) is 0. The molecule has 2 saturated heterocycles. The first-order valence-corrected chi connectivity index (χ1v) is 8.47. The highest BCUT2D eigenvalue weighted by atomic mass is 35.5. The molecule has 5 nitrogen and oxygen atoms in total. The van der Waals surface area contributed by atoms with E-state index in [0.717, 1.165) is 32.2 Å². The number of nitrogens with one attached hydrogen (secondary N) is 1. The van der Waals surface area contributed by atoms with Crippen LogP contribution in [-0.2, 0) is 14.8 Å². The van der Waals surface area contributed by atoms with Crippen LogP contribution in [0.2, 0.25) is 0 Å². The van der Waals surface area contributed by atoms with E-state index in [9.17, 15) is 8.42 Å². The zero-order valence-electron chi connectivity index (χ0n) is 11.5. The Bertz CT molecular complexity index is 356. The molecule has 0 saturated carbocycles. The minimum absolute atomic E-state index is 0. The Morgan fingerprint density at radius 3 is 2.74 bits per heavy atom. The molecule has 19 heavy (non-hydrogen) atoms. The number of rotatable bonds is 5. The number of sulfonamides is 1. The molecule has 114 valence electrons. The molecule has 7 heteroatoms. The van der Waals surface area contributed by atoms with Crippen LogP contribution in [0.3, 0.4) is 0 Å². The van der Waals surface area contributed by atoms with Gasteiger partial charge in [0, 0.05) is 19.7 Å². The number of ether oxygens (including phenoxy) is 1. The van der Waals surface area contributed by atoms with Crippen molar-refractivity contribution in [1.29, 1.82) is 0 Å². The van der Waals surface area contributed by atoms with Crippen LogP contribution in [0.4, 0.5) is 0 Å². The van der Waals surface area contributed by atoms with Gasteiger partial charge in [-0.15, -0.1) is 12.4 Å². The molecule has 0 amide bonds. The van der Waals surface area contributed by atoms with Crippen molar-refractivity contribution in [1.82, 2.24) is 9.62 Å². The van der Waals surface area contributed by atoms with Crippen LogP contribution < -0.4 is 5.32 Å². The van der Waals surface area contributed by atoms with Crippen molar-refractivity contribution in [2.24, 2.45) is 5.92 Å². The topological polar surface area (TPSA) is 58.6 Å². The van der Waals surface area contributed by atoms with Gasteiger partial charge in [0.15, 0.2) is 0 Å². The molecular weight excluding hydrogens is 288 g/mol. The third kappa shape index (κ3) is 4.86. The summed E-state index contributed by atoms with van der Waals surface area (Å²) in [5, 5.41) is 3.14. The van der Waals surface area contributed by atoms with Gasteiger partial charge >= 0.3 is 0 Å². The van der Waals surface area contributed by atoms with Crippen molar-refractivity contribution >= 4 is 22.4 Å². The molecule has 2 unspecified atom stereocenters. The van der Waals surface area contributed by atoms with Gasteiger partial charge in [-0.05, 0) is 45.2 Å². The summed E-state index contributed by atoms with van der Waals surface area (Å²) < 4.78 is 31.7. The molecular formula is C12H25ClN2O3S. The van der Waals surface area contributed by atoms with Gasteiger partial charge in [-0.1, -0.05) is 0 Å². The molecule has 0 bridgehead atoms. The fraction of sp³-hybridized carbons (Fsp3) is 1.00. The van der Waals surface area contributed by atoms with Crippen molar-refractivity contribution in [3.8, 4) is 0 Å². The van der Waals surface area contributed by atoms with Crippen molar-refractivity contribution in [3.05, 3.63) is 0 Å². The first-order valence-electron chi connectivity index (χ1n) is 6.86. The lowest BCUT2D eigenvalue weighted by atomic mass is 10.00. The monoisotopic (exact) mass is 312 g/mol. The number of halogens is 1. The second-order valence-electron chi connectivity index (χ2n) is 5.34. The molecule has 0 spiro atoms. The van der Waals surface area contributed by atoms with E-state index in [2.05, 4.69) is 5.32 Å². The number of nitrogens with zero attached hydrogens (tertiary/aromatic N) is 1. The molecule has 2 fully saturated rings. The Morgan fingerprint density at radius 1 is 1.32 bits per heavy atom. The smallest absolute Gasteiger partial charge is 0.216 e. The zero-order chi connectivity index (χ0) is 13.0. The van der Waals surface area contributed by atoms with E-state index in [0.29, 0.717) is 25.6 Å². The fourth-order valence-corrected chi connectivity index (χ4v) is 4.64. The van der Waals surface area contributed by atoms with Gasteiger partial charge in [0.2, 0.25) is 10.0 Å². The van der Waals surface area contributed by atoms with E-state index < -0.39 is 10.0 Å². The molecule has 0 aromatic carbocycles. The van der Waals surface area contributed by atoms with Gasteiger partial charge in [-0.3, -0.25) is 0 Å². The van der Waals surface area contributed by atoms with E-state index in [1.807, 2.05) is 7.05 Å². The lowest BCUT2D eigenvalue weighted by Crippen LogP contribution is -2.44. The first kappa shape index (κ1) is 17.2. The maximum atomic E-state index is 12.3. The Balaban J connectivity index is 0.00000180. The second-order valence-corrected chi connectivity index (χ2v) is 7.35. The molecule has 0 aromatic heterocycles. The zero-order valence-corrected chi connectivity index (χ0v) is 13.1. The predicted octanol–water partition coefficient (Wildman–Crippen LogP) is 0.848. The summed E-state index contributed by atoms with van der Waals surface area (Å²) in [7, 11) is -1.22. The Kier molecular flexibility index (Phi) is 7.04. The molecule has 0 aliphatic carbocycles. The molecule has 2 heterocycles. The van der Waals surface area contributed by atoms with Gasteiger partial charge in [-0.25, -0.2) is 12.7 Å². The van der Waals surface area contributed by atoms with E-state index in [1.54, 1.807) is 4.31 Å². The second kappa shape index (κ2) is 7.78. The maximum Gasteiger partial charge on any atom is 0.216 e. The normalized spacial score (nSPS) is 29.1. The van der Waals surface area contributed by atoms with Crippen LogP contribution in [0.1, 0.15) is 25.7 Å². The quantitative estimate of drug-likeness (QED) is 0.817. The van der Waals surface area contributed by atoms with Crippen molar-refractivity contribution in [2.45, 2.75) is 31.8 Å². The van der Waals surface area contributed by atoms with Gasteiger partial charge in [0.1, 0.15) is 0 Å². The number of hydrogen-bond acceptors (Lipinski definition) is 4. The third-order valence-electron chi connectivity index (χ3n) is 3.79. The number of hydrogen-bond donors (Lipinski definition) is 1. The van der Waals surface area contributed by atoms with E-state index >= 15 is 0 Å². The largest absolute Gasteiger partial charge is 0.377 e. The standard InChI is InChI=1S/C12H24N2O3S.ClH/c1-13-8-11-4-2-6-14(9-11)18(15,16)10-12-5-3-7-17-12;/h11-13H,2-10H2,1H3;1H. The summed E-state index contributed by atoms with van der Waals surface area (Å²) in [6.07, 6.45) is 3.87. The fourth-order valence-electron chi connectivity index (χ4n) is 2.85. The van der Waals surface area contributed by atoms with E-state index in [4.69, 9.17) is 4.74 Å². The highest BCUT2D eigenvalue weighted by molar-refractivity contribution is 7.89. The maximum absolute atomic E-state index is 12.3. The SMILES string of the molecule is CNCC1CCCN(S(=O)(=O)CC2CCCO2)C1.Cl. The molecule has 0 aromatic rings. The Hall–Kier alpha value is 0.120.